The Morgan fingerprint density at radius 1 is 1.42 bits per heavy atom. The van der Waals surface area contributed by atoms with Crippen molar-refractivity contribution >= 4 is 5.91 Å². The summed E-state index contributed by atoms with van der Waals surface area (Å²) < 4.78 is 2.24. The van der Waals surface area contributed by atoms with E-state index >= 15 is 0 Å². The van der Waals surface area contributed by atoms with E-state index in [-0.39, 0.29) is 11.9 Å². The van der Waals surface area contributed by atoms with Gasteiger partial charge in [-0.25, -0.2) is 0 Å². The second-order valence-corrected chi connectivity index (χ2v) is 5.80. The highest BCUT2D eigenvalue weighted by Crippen LogP contribution is 2.22. The van der Waals surface area contributed by atoms with Crippen LogP contribution in [-0.2, 0) is 0 Å². The Morgan fingerprint density at radius 2 is 2.11 bits per heavy atom. The van der Waals surface area contributed by atoms with E-state index in [2.05, 4.69) is 37.6 Å². The lowest BCUT2D eigenvalue weighted by atomic mass is 10.1. The topological polar surface area (TPSA) is 37.3 Å². The van der Waals surface area contributed by atoms with Gasteiger partial charge in [0.15, 0.2) is 0 Å². The first-order valence-electron chi connectivity index (χ1n) is 7.13. The number of aromatic nitrogens is 1. The van der Waals surface area contributed by atoms with Crippen LogP contribution in [0.2, 0.25) is 0 Å². The largest absolute Gasteiger partial charge is 0.346 e. The van der Waals surface area contributed by atoms with Crippen molar-refractivity contribution in [1.29, 1.82) is 0 Å². The molecule has 2 rings (SSSR count). The zero-order chi connectivity index (χ0) is 14.2. The molecule has 0 aromatic carbocycles. The molecule has 1 aromatic heterocycles. The summed E-state index contributed by atoms with van der Waals surface area (Å²) in [7, 11) is 0. The van der Waals surface area contributed by atoms with Crippen molar-refractivity contribution in [3.05, 3.63) is 23.0 Å². The maximum atomic E-state index is 12.7. The van der Waals surface area contributed by atoms with Crippen molar-refractivity contribution in [3.8, 4) is 0 Å². The Morgan fingerprint density at radius 3 is 2.63 bits per heavy atom. The average molecular weight is 263 g/mol. The van der Waals surface area contributed by atoms with Crippen LogP contribution in [-0.4, -0.2) is 41.1 Å². The Bertz CT molecular complexity index is 476. The number of carbonyl (C=O) groups is 1. The molecule has 2 heterocycles. The smallest absolute Gasteiger partial charge is 0.256 e. The number of amides is 1. The molecular weight excluding hydrogens is 238 g/mol. The predicted molar refractivity (Wildman–Crippen MR) is 77.7 cm³/mol. The molecule has 0 saturated carbocycles. The third-order valence-corrected chi connectivity index (χ3v) is 3.99. The molecule has 0 bridgehead atoms. The van der Waals surface area contributed by atoms with Gasteiger partial charge in [-0.1, -0.05) is 0 Å². The minimum atomic E-state index is 0.175. The molecule has 0 spiro atoms. The van der Waals surface area contributed by atoms with Crippen LogP contribution in [0.3, 0.4) is 0 Å². The Kier molecular flexibility index (Phi) is 3.99. The van der Waals surface area contributed by atoms with E-state index in [0.29, 0.717) is 6.04 Å². The van der Waals surface area contributed by atoms with E-state index in [4.69, 9.17) is 0 Å². The van der Waals surface area contributed by atoms with Gasteiger partial charge in [-0.15, -0.1) is 0 Å². The molecule has 1 N–H and O–H groups in total. The number of hydrogen-bond acceptors (Lipinski definition) is 2. The van der Waals surface area contributed by atoms with Gasteiger partial charge in [-0.2, -0.15) is 0 Å². The summed E-state index contributed by atoms with van der Waals surface area (Å²) in [5.74, 6) is 0.175. The second kappa shape index (κ2) is 5.37. The fourth-order valence-electron chi connectivity index (χ4n) is 3.09. The third kappa shape index (κ3) is 2.54. The van der Waals surface area contributed by atoms with Crippen LogP contribution >= 0.6 is 0 Å². The van der Waals surface area contributed by atoms with E-state index < -0.39 is 0 Å². The maximum Gasteiger partial charge on any atom is 0.256 e. The van der Waals surface area contributed by atoms with Crippen LogP contribution in [0.5, 0.6) is 0 Å². The molecule has 0 aliphatic carbocycles. The zero-order valence-corrected chi connectivity index (χ0v) is 12.7. The first-order valence-corrected chi connectivity index (χ1v) is 7.13. The number of aryl methyl sites for hydroxylation is 1. The molecule has 1 amide bonds. The highest BCUT2D eigenvalue weighted by molar-refractivity contribution is 5.96. The van der Waals surface area contributed by atoms with Crippen LogP contribution in [0.1, 0.15) is 48.6 Å². The predicted octanol–water partition coefficient (Wildman–Crippen LogP) is 2.12. The van der Waals surface area contributed by atoms with Gasteiger partial charge in [0.1, 0.15) is 0 Å². The molecule has 1 aliphatic heterocycles. The molecule has 1 aliphatic rings. The van der Waals surface area contributed by atoms with E-state index in [1.54, 1.807) is 0 Å². The van der Waals surface area contributed by atoms with Gasteiger partial charge in [0.05, 0.1) is 5.56 Å². The Labute approximate surface area is 115 Å². The van der Waals surface area contributed by atoms with Crippen molar-refractivity contribution in [3.63, 3.8) is 0 Å². The number of carbonyl (C=O) groups excluding carboxylic acids is 1. The number of nitrogens with zero attached hydrogens (tertiary/aromatic N) is 2. The van der Waals surface area contributed by atoms with Crippen molar-refractivity contribution in [2.24, 2.45) is 0 Å². The standard InChI is InChI=1S/C15H25N3O/c1-10(2)18-11(3)8-14(13(18)5)15(19)17-7-6-16-9-12(17)4/h8,10,12,16H,6-7,9H2,1-5H3/t12-/m0/s1. The molecule has 1 saturated heterocycles. The van der Waals surface area contributed by atoms with E-state index in [9.17, 15) is 4.79 Å². The molecule has 1 atom stereocenters. The van der Waals surface area contributed by atoms with E-state index in [1.165, 1.54) is 5.69 Å². The SMILES string of the molecule is Cc1cc(C(=O)N2CCNC[C@@H]2C)c(C)n1C(C)C. The molecule has 0 radical (unpaired) electrons. The van der Waals surface area contributed by atoms with Crippen LogP contribution in [0.4, 0.5) is 0 Å². The highest BCUT2D eigenvalue weighted by atomic mass is 16.2. The van der Waals surface area contributed by atoms with Crippen LogP contribution in [0.25, 0.3) is 0 Å². The summed E-state index contributed by atoms with van der Waals surface area (Å²) in [6.45, 7) is 13.1. The van der Waals surface area contributed by atoms with Crippen molar-refractivity contribution in [1.82, 2.24) is 14.8 Å². The summed E-state index contributed by atoms with van der Waals surface area (Å²) in [5, 5.41) is 3.32. The molecule has 1 aromatic rings. The van der Waals surface area contributed by atoms with Crippen LogP contribution < -0.4 is 5.32 Å². The van der Waals surface area contributed by atoms with Gasteiger partial charge >= 0.3 is 0 Å². The number of hydrogen-bond donors (Lipinski definition) is 1. The van der Waals surface area contributed by atoms with Gasteiger partial charge in [0, 0.05) is 43.1 Å². The normalized spacial score (nSPS) is 20.1. The summed E-state index contributed by atoms with van der Waals surface area (Å²) in [6, 6.07) is 2.69. The van der Waals surface area contributed by atoms with Gasteiger partial charge in [-0.3, -0.25) is 4.79 Å². The molecule has 4 heteroatoms. The minimum Gasteiger partial charge on any atom is -0.346 e. The molecule has 4 nitrogen and oxygen atoms in total. The van der Waals surface area contributed by atoms with Gasteiger partial charge < -0.3 is 14.8 Å². The Hall–Kier alpha value is -1.29. The quantitative estimate of drug-likeness (QED) is 0.887. The molecule has 19 heavy (non-hydrogen) atoms. The van der Waals surface area contributed by atoms with Gasteiger partial charge in [0.2, 0.25) is 0 Å². The first-order chi connectivity index (χ1) is 8.93. The lowest BCUT2D eigenvalue weighted by molar-refractivity contribution is 0.0655. The summed E-state index contributed by atoms with van der Waals surface area (Å²) >= 11 is 0. The van der Waals surface area contributed by atoms with Crippen molar-refractivity contribution in [2.45, 2.75) is 46.7 Å². The van der Waals surface area contributed by atoms with Gasteiger partial charge in [-0.05, 0) is 40.7 Å². The second-order valence-electron chi connectivity index (χ2n) is 5.80. The lowest BCUT2D eigenvalue weighted by Gasteiger charge is -2.34. The number of rotatable bonds is 2. The summed E-state index contributed by atoms with van der Waals surface area (Å²) in [6.07, 6.45) is 0. The Balaban J connectivity index is 2.31. The van der Waals surface area contributed by atoms with Crippen molar-refractivity contribution in [2.75, 3.05) is 19.6 Å². The average Bonchev–Trinajstić information content (AvgIpc) is 2.64. The summed E-state index contributed by atoms with van der Waals surface area (Å²) in [5.41, 5.74) is 3.11. The van der Waals surface area contributed by atoms with Crippen molar-refractivity contribution < 1.29 is 4.79 Å². The third-order valence-electron chi connectivity index (χ3n) is 3.99. The maximum absolute atomic E-state index is 12.7. The fraction of sp³-hybridized carbons (Fsp3) is 0.667. The molecule has 1 fully saturated rings. The molecule has 106 valence electrons. The van der Waals surface area contributed by atoms with Crippen LogP contribution in [0, 0.1) is 13.8 Å². The lowest BCUT2D eigenvalue weighted by Crippen LogP contribution is -2.52. The number of nitrogens with one attached hydrogen (secondary N) is 1. The summed E-state index contributed by atoms with van der Waals surface area (Å²) in [4.78, 5) is 14.7. The van der Waals surface area contributed by atoms with E-state index in [1.807, 2.05) is 17.9 Å². The minimum absolute atomic E-state index is 0.175. The van der Waals surface area contributed by atoms with Gasteiger partial charge in [0.25, 0.3) is 5.91 Å². The van der Waals surface area contributed by atoms with Crippen LogP contribution in [0.15, 0.2) is 6.07 Å². The molecular formula is C15H25N3O. The molecule has 0 unspecified atom stereocenters. The highest BCUT2D eigenvalue weighted by Gasteiger charge is 2.27. The number of piperazine rings is 1. The zero-order valence-electron chi connectivity index (χ0n) is 12.7. The monoisotopic (exact) mass is 263 g/mol. The first kappa shape index (κ1) is 14.1. The fourth-order valence-corrected chi connectivity index (χ4v) is 3.09. The van der Waals surface area contributed by atoms with E-state index in [0.717, 1.165) is 30.9 Å².